The lowest BCUT2D eigenvalue weighted by Crippen LogP contribution is -2.53. The third-order valence-corrected chi connectivity index (χ3v) is 4.13. The van der Waals surface area contributed by atoms with Crippen molar-refractivity contribution in [1.29, 1.82) is 0 Å². The summed E-state index contributed by atoms with van der Waals surface area (Å²) in [5.41, 5.74) is 1.87. The molecule has 2 aromatic rings. The first-order chi connectivity index (χ1) is 12.5. The topological polar surface area (TPSA) is 92.6 Å². The molecular weight excluding hydrogens is 336 g/mol. The minimum absolute atomic E-state index is 0.133. The van der Waals surface area contributed by atoms with E-state index in [9.17, 15) is 9.59 Å². The van der Waals surface area contributed by atoms with Crippen molar-refractivity contribution in [1.82, 2.24) is 29.9 Å². The van der Waals surface area contributed by atoms with Crippen LogP contribution < -0.4 is 5.32 Å². The molecule has 138 valence electrons. The van der Waals surface area contributed by atoms with Crippen molar-refractivity contribution in [3.05, 3.63) is 42.5 Å². The SMILES string of the molecule is CN(C)C(=O)C1CN(C(=O)NCc2ccc(-n3cncn3)cc2)CCO1. The molecule has 1 aliphatic heterocycles. The zero-order chi connectivity index (χ0) is 18.5. The number of hydrogen-bond acceptors (Lipinski definition) is 5. The molecule has 1 N–H and O–H groups in total. The minimum Gasteiger partial charge on any atom is -0.365 e. The van der Waals surface area contributed by atoms with Crippen molar-refractivity contribution >= 4 is 11.9 Å². The van der Waals surface area contributed by atoms with Gasteiger partial charge in [-0.3, -0.25) is 4.79 Å². The zero-order valence-electron chi connectivity index (χ0n) is 14.8. The summed E-state index contributed by atoms with van der Waals surface area (Å²) in [5, 5.41) is 6.95. The van der Waals surface area contributed by atoms with Crippen LogP contribution in [0.2, 0.25) is 0 Å². The number of aromatic nitrogens is 3. The molecule has 9 heteroatoms. The molecule has 1 saturated heterocycles. The van der Waals surface area contributed by atoms with Gasteiger partial charge >= 0.3 is 6.03 Å². The number of urea groups is 1. The van der Waals surface area contributed by atoms with E-state index in [1.54, 1.807) is 30.0 Å². The van der Waals surface area contributed by atoms with Gasteiger partial charge in [0.15, 0.2) is 6.10 Å². The summed E-state index contributed by atoms with van der Waals surface area (Å²) in [4.78, 5) is 31.4. The number of carbonyl (C=O) groups is 2. The van der Waals surface area contributed by atoms with Gasteiger partial charge in [0.25, 0.3) is 5.91 Å². The second kappa shape index (κ2) is 7.96. The van der Waals surface area contributed by atoms with Gasteiger partial charge in [-0.1, -0.05) is 12.1 Å². The second-order valence-corrected chi connectivity index (χ2v) is 6.20. The molecule has 2 heterocycles. The van der Waals surface area contributed by atoms with E-state index < -0.39 is 6.10 Å². The van der Waals surface area contributed by atoms with Crippen LogP contribution in [0.15, 0.2) is 36.9 Å². The number of nitrogens with zero attached hydrogens (tertiary/aromatic N) is 5. The van der Waals surface area contributed by atoms with E-state index in [-0.39, 0.29) is 18.5 Å². The van der Waals surface area contributed by atoms with E-state index in [1.807, 2.05) is 24.3 Å². The van der Waals surface area contributed by atoms with Gasteiger partial charge in [0.05, 0.1) is 18.8 Å². The first-order valence-electron chi connectivity index (χ1n) is 8.34. The summed E-state index contributed by atoms with van der Waals surface area (Å²) in [7, 11) is 3.35. The van der Waals surface area contributed by atoms with Crippen LogP contribution in [0.4, 0.5) is 4.79 Å². The van der Waals surface area contributed by atoms with Gasteiger partial charge in [0.2, 0.25) is 0 Å². The Hall–Kier alpha value is -2.94. The standard InChI is InChI=1S/C17H22N6O3/c1-21(2)16(24)15-10-22(7-8-26-15)17(25)19-9-13-3-5-14(6-4-13)23-12-18-11-20-23/h3-6,11-12,15H,7-10H2,1-2H3,(H,19,25). The fourth-order valence-electron chi connectivity index (χ4n) is 2.67. The van der Waals surface area contributed by atoms with Crippen LogP contribution in [-0.4, -0.2) is 76.4 Å². The molecule has 0 aliphatic carbocycles. The molecule has 1 atom stereocenters. The Labute approximate surface area is 151 Å². The fraction of sp³-hybridized carbons (Fsp3) is 0.412. The molecule has 0 bridgehead atoms. The van der Waals surface area contributed by atoms with Crippen LogP contribution in [0, 0.1) is 0 Å². The van der Waals surface area contributed by atoms with Gasteiger partial charge in [0, 0.05) is 27.2 Å². The average Bonchev–Trinajstić information content (AvgIpc) is 3.20. The lowest BCUT2D eigenvalue weighted by Gasteiger charge is -2.33. The van der Waals surface area contributed by atoms with Crippen LogP contribution in [0.5, 0.6) is 0 Å². The maximum absolute atomic E-state index is 12.4. The van der Waals surface area contributed by atoms with Crippen molar-refractivity contribution < 1.29 is 14.3 Å². The first kappa shape index (κ1) is 17.9. The normalized spacial score (nSPS) is 17.0. The van der Waals surface area contributed by atoms with Gasteiger partial charge in [0.1, 0.15) is 12.7 Å². The Morgan fingerprint density at radius 3 is 2.73 bits per heavy atom. The quantitative estimate of drug-likeness (QED) is 0.847. The highest BCUT2D eigenvalue weighted by atomic mass is 16.5. The maximum Gasteiger partial charge on any atom is 0.317 e. The fourth-order valence-corrected chi connectivity index (χ4v) is 2.67. The molecule has 1 unspecified atom stereocenters. The lowest BCUT2D eigenvalue weighted by molar-refractivity contribution is -0.145. The molecule has 0 spiro atoms. The van der Waals surface area contributed by atoms with Crippen LogP contribution in [-0.2, 0) is 16.1 Å². The number of amides is 3. The first-order valence-corrected chi connectivity index (χ1v) is 8.34. The molecule has 3 rings (SSSR count). The van der Waals surface area contributed by atoms with E-state index in [1.165, 1.54) is 11.2 Å². The smallest absolute Gasteiger partial charge is 0.317 e. The van der Waals surface area contributed by atoms with Crippen molar-refractivity contribution in [3.8, 4) is 5.69 Å². The number of morpholine rings is 1. The maximum atomic E-state index is 12.4. The molecule has 3 amide bonds. The molecule has 1 aliphatic rings. The van der Waals surface area contributed by atoms with Gasteiger partial charge in [-0.2, -0.15) is 5.10 Å². The number of rotatable bonds is 4. The molecule has 9 nitrogen and oxygen atoms in total. The second-order valence-electron chi connectivity index (χ2n) is 6.20. The van der Waals surface area contributed by atoms with Gasteiger partial charge < -0.3 is 19.9 Å². The number of nitrogens with one attached hydrogen (secondary N) is 1. The van der Waals surface area contributed by atoms with Crippen molar-refractivity contribution in [3.63, 3.8) is 0 Å². The lowest BCUT2D eigenvalue weighted by atomic mass is 10.2. The van der Waals surface area contributed by atoms with E-state index in [2.05, 4.69) is 15.4 Å². The van der Waals surface area contributed by atoms with Gasteiger partial charge in [-0.05, 0) is 17.7 Å². The number of carbonyl (C=O) groups excluding carboxylic acids is 2. The molecule has 1 aromatic carbocycles. The third kappa shape index (κ3) is 4.17. The minimum atomic E-state index is -0.605. The molecule has 0 radical (unpaired) electrons. The van der Waals surface area contributed by atoms with Gasteiger partial charge in [-0.25, -0.2) is 14.5 Å². The Bertz CT molecular complexity index is 744. The Kier molecular flexibility index (Phi) is 5.47. The predicted octanol–water partition coefficient (Wildman–Crippen LogP) is 0.266. The highest BCUT2D eigenvalue weighted by Gasteiger charge is 2.30. The van der Waals surface area contributed by atoms with Crippen molar-refractivity contribution in [2.24, 2.45) is 0 Å². The third-order valence-electron chi connectivity index (χ3n) is 4.13. The van der Waals surface area contributed by atoms with Crippen LogP contribution >= 0.6 is 0 Å². The van der Waals surface area contributed by atoms with Crippen LogP contribution in [0.25, 0.3) is 5.69 Å². The van der Waals surface area contributed by atoms with E-state index in [0.717, 1.165) is 11.3 Å². The summed E-state index contributed by atoms with van der Waals surface area (Å²) < 4.78 is 7.13. The summed E-state index contributed by atoms with van der Waals surface area (Å²) in [5.74, 6) is -0.133. The number of likely N-dealkylation sites (N-methyl/N-ethyl adjacent to an activating group) is 1. The Morgan fingerprint density at radius 1 is 1.31 bits per heavy atom. The molecule has 1 aromatic heterocycles. The van der Waals surface area contributed by atoms with Crippen LogP contribution in [0.3, 0.4) is 0 Å². The highest BCUT2D eigenvalue weighted by Crippen LogP contribution is 2.10. The number of benzene rings is 1. The number of ether oxygens (including phenoxy) is 1. The monoisotopic (exact) mass is 358 g/mol. The summed E-state index contributed by atoms with van der Waals surface area (Å²) in [6.07, 6.45) is 2.50. The van der Waals surface area contributed by atoms with E-state index in [0.29, 0.717) is 19.7 Å². The largest absolute Gasteiger partial charge is 0.365 e. The van der Waals surface area contributed by atoms with Crippen molar-refractivity contribution in [2.45, 2.75) is 12.6 Å². The summed E-state index contributed by atoms with van der Waals surface area (Å²) in [6.45, 7) is 1.48. The summed E-state index contributed by atoms with van der Waals surface area (Å²) >= 11 is 0. The summed E-state index contributed by atoms with van der Waals surface area (Å²) in [6, 6.07) is 7.47. The highest BCUT2D eigenvalue weighted by molar-refractivity contribution is 5.82. The molecule has 0 saturated carbocycles. The molecule has 26 heavy (non-hydrogen) atoms. The van der Waals surface area contributed by atoms with Crippen molar-refractivity contribution in [2.75, 3.05) is 33.8 Å². The Morgan fingerprint density at radius 2 is 2.08 bits per heavy atom. The number of hydrogen-bond donors (Lipinski definition) is 1. The zero-order valence-corrected chi connectivity index (χ0v) is 14.8. The van der Waals surface area contributed by atoms with E-state index in [4.69, 9.17) is 4.74 Å². The molecule has 1 fully saturated rings. The van der Waals surface area contributed by atoms with E-state index >= 15 is 0 Å². The average molecular weight is 358 g/mol. The van der Waals surface area contributed by atoms with Crippen LogP contribution in [0.1, 0.15) is 5.56 Å². The van der Waals surface area contributed by atoms with Gasteiger partial charge in [-0.15, -0.1) is 0 Å². The molecular formula is C17H22N6O3. The Balaban J connectivity index is 1.52. The predicted molar refractivity (Wildman–Crippen MR) is 93.6 cm³/mol.